The molecule has 16 heavy (non-hydrogen) atoms. The van der Waals surface area contributed by atoms with Gasteiger partial charge in [-0.2, -0.15) is 11.8 Å². The van der Waals surface area contributed by atoms with Gasteiger partial charge in [-0.05, 0) is 25.4 Å². The third-order valence-corrected chi connectivity index (χ3v) is 3.61. The summed E-state index contributed by atoms with van der Waals surface area (Å²) in [6.45, 7) is 2.47. The highest BCUT2D eigenvalue weighted by atomic mass is 32.2. The van der Waals surface area contributed by atoms with E-state index >= 15 is 0 Å². The minimum Gasteiger partial charge on any atom is -0.348 e. The molecule has 1 heterocycles. The van der Waals surface area contributed by atoms with Crippen LogP contribution in [0.25, 0.3) is 0 Å². The highest BCUT2D eigenvalue weighted by Crippen LogP contribution is 2.10. The summed E-state index contributed by atoms with van der Waals surface area (Å²) in [4.78, 5) is 16.9. The monoisotopic (exact) mass is 259 g/mol. The number of carbonyl (C=O) groups is 1. The van der Waals surface area contributed by atoms with Gasteiger partial charge in [0.15, 0.2) is 0 Å². The van der Waals surface area contributed by atoms with Crippen molar-refractivity contribution in [3.63, 3.8) is 0 Å². The van der Waals surface area contributed by atoms with E-state index in [9.17, 15) is 4.79 Å². The minimum absolute atomic E-state index is 0.0955. The number of nitrogens with two attached hydrogens (primary N) is 1. The second-order valence-corrected chi connectivity index (χ2v) is 5.78. The van der Waals surface area contributed by atoms with Crippen LogP contribution in [0.15, 0.2) is 6.20 Å². The summed E-state index contributed by atoms with van der Waals surface area (Å²) in [5.74, 6) is 0.812. The Bertz CT molecular complexity index is 341. The summed E-state index contributed by atoms with van der Waals surface area (Å²) in [7, 11) is 0. The molecule has 1 atom stereocenters. The lowest BCUT2D eigenvalue weighted by molar-refractivity contribution is -0.122. The van der Waals surface area contributed by atoms with Gasteiger partial charge in [0, 0.05) is 11.1 Å². The van der Waals surface area contributed by atoms with Gasteiger partial charge in [0.1, 0.15) is 5.01 Å². The smallest absolute Gasteiger partial charge is 0.237 e. The zero-order valence-corrected chi connectivity index (χ0v) is 11.2. The van der Waals surface area contributed by atoms with Crippen LogP contribution in [0, 0.1) is 6.92 Å². The van der Waals surface area contributed by atoms with Crippen molar-refractivity contribution in [1.82, 2.24) is 10.3 Å². The van der Waals surface area contributed by atoms with Gasteiger partial charge < -0.3 is 11.1 Å². The maximum absolute atomic E-state index is 11.6. The quantitative estimate of drug-likeness (QED) is 0.804. The Hall–Kier alpha value is -0.590. The number of nitrogens with one attached hydrogen (secondary N) is 1. The lowest BCUT2D eigenvalue weighted by Gasteiger charge is -2.10. The van der Waals surface area contributed by atoms with Crippen molar-refractivity contribution in [3.05, 3.63) is 16.1 Å². The second kappa shape index (κ2) is 6.88. The number of aromatic nitrogens is 1. The number of nitrogens with zero attached hydrogens (tertiary/aromatic N) is 1. The standard InChI is InChI=1S/C10H17N3OS2/c1-7-5-12-9(16-7)6-13-10(14)8(11)3-4-15-2/h5,8H,3-4,6,11H2,1-2H3,(H,13,14)/t8-/m0/s1. The van der Waals surface area contributed by atoms with E-state index in [2.05, 4.69) is 10.3 Å². The number of rotatable bonds is 6. The molecule has 1 amide bonds. The largest absolute Gasteiger partial charge is 0.348 e. The molecule has 0 aromatic carbocycles. The molecule has 1 aromatic heterocycles. The zero-order chi connectivity index (χ0) is 12.0. The highest BCUT2D eigenvalue weighted by Gasteiger charge is 2.12. The number of hydrogen-bond acceptors (Lipinski definition) is 5. The molecule has 0 aliphatic heterocycles. The Balaban J connectivity index is 2.29. The SMILES string of the molecule is CSCC[C@H](N)C(=O)NCc1ncc(C)s1. The molecule has 1 rings (SSSR count). The fraction of sp³-hybridized carbons (Fsp3) is 0.600. The van der Waals surface area contributed by atoms with Crippen LogP contribution in [-0.2, 0) is 11.3 Å². The summed E-state index contributed by atoms with van der Waals surface area (Å²) < 4.78 is 0. The van der Waals surface area contributed by atoms with Crippen LogP contribution in [0.3, 0.4) is 0 Å². The van der Waals surface area contributed by atoms with Crippen LogP contribution >= 0.6 is 23.1 Å². The first-order valence-corrected chi connectivity index (χ1v) is 7.28. The van der Waals surface area contributed by atoms with Crippen molar-refractivity contribution in [1.29, 1.82) is 0 Å². The Morgan fingerprint density at radius 2 is 2.50 bits per heavy atom. The third-order valence-electron chi connectivity index (χ3n) is 2.05. The van der Waals surface area contributed by atoms with Crippen LogP contribution in [0.5, 0.6) is 0 Å². The van der Waals surface area contributed by atoms with Crippen LogP contribution in [0.1, 0.15) is 16.3 Å². The zero-order valence-electron chi connectivity index (χ0n) is 9.53. The van der Waals surface area contributed by atoms with Crippen molar-refractivity contribution in [2.45, 2.75) is 25.9 Å². The molecule has 1 aromatic rings. The summed E-state index contributed by atoms with van der Waals surface area (Å²) >= 11 is 3.28. The molecule has 0 saturated heterocycles. The lowest BCUT2D eigenvalue weighted by atomic mass is 10.2. The number of amides is 1. The van der Waals surface area contributed by atoms with Crippen molar-refractivity contribution >= 4 is 29.0 Å². The molecule has 6 heteroatoms. The van der Waals surface area contributed by atoms with E-state index in [0.717, 1.165) is 15.6 Å². The van der Waals surface area contributed by atoms with Crippen molar-refractivity contribution in [2.24, 2.45) is 5.73 Å². The number of carbonyl (C=O) groups excluding carboxylic acids is 1. The van der Waals surface area contributed by atoms with Gasteiger partial charge in [0.25, 0.3) is 0 Å². The van der Waals surface area contributed by atoms with E-state index in [1.165, 1.54) is 0 Å². The molecule has 3 N–H and O–H groups in total. The van der Waals surface area contributed by atoms with Crippen molar-refractivity contribution < 1.29 is 4.79 Å². The van der Waals surface area contributed by atoms with Gasteiger partial charge >= 0.3 is 0 Å². The van der Waals surface area contributed by atoms with E-state index in [0.29, 0.717) is 13.0 Å². The third kappa shape index (κ3) is 4.51. The number of thiazole rings is 1. The number of hydrogen-bond donors (Lipinski definition) is 2. The molecule has 0 bridgehead atoms. The van der Waals surface area contributed by atoms with Crippen molar-refractivity contribution in [3.8, 4) is 0 Å². The molecular formula is C10H17N3OS2. The molecule has 4 nitrogen and oxygen atoms in total. The highest BCUT2D eigenvalue weighted by molar-refractivity contribution is 7.98. The fourth-order valence-corrected chi connectivity index (χ4v) is 2.37. The first-order chi connectivity index (χ1) is 7.63. The molecule has 0 radical (unpaired) electrons. The molecule has 0 fully saturated rings. The van der Waals surface area contributed by atoms with Gasteiger partial charge in [-0.1, -0.05) is 0 Å². The van der Waals surface area contributed by atoms with E-state index in [4.69, 9.17) is 5.73 Å². The van der Waals surface area contributed by atoms with Crippen LogP contribution < -0.4 is 11.1 Å². The fourth-order valence-electron chi connectivity index (χ4n) is 1.15. The predicted octanol–water partition coefficient (Wildman–Crippen LogP) is 1.15. The first kappa shape index (κ1) is 13.5. The molecule has 90 valence electrons. The van der Waals surface area contributed by atoms with Gasteiger partial charge in [-0.15, -0.1) is 11.3 Å². The van der Waals surface area contributed by atoms with Crippen LogP contribution in [0.4, 0.5) is 0 Å². The maximum Gasteiger partial charge on any atom is 0.237 e. The van der Waals surface area contributed by atoms with E-state index in [-0.39, 0.29) is 5.91 Å². The molecule has 0 unspecified atom stereocenters. The van der Waals surface area contributed by atoms with E-state index in [1.807, 2.05) is 13.2 Å². The average Bonchev–Trinajstić information content (AvgIpc) is 2.68. The number of aryl methyl sites for hydroxylation is 1. The van der Waals surface area contributed by atoms with Crippen LogP contribution in [-0.4, -0.2) is 28.9 Å². The Kier molecular flexibility index (Phi) is 5.79. The predicted molar refractivity (Wildman–Crippen MR) is 69.7 cm³/mol. The van der Waals surface area contributed by atoms with Crippen LogP contribution in [0.2, 0.25) is 0 Å². The Labute approximate surface area is 104 Å². The number of thioether (sulfide) groups is 1. The second-order valence-electron chi connectivity index (χ2n) is 3.47. The molecule has 0 aliphatic carbocycles. The van der Waals surface area contributed by atoms with Gasteiger partial charge in [-0.3, -0.25) is 4.79 Å². The molecule has 0 spiro atoms. The van der Waals surface area contributed by atoms with Crippen molar-refractivity contribution in [2.75, 3.05) is 12.0 Å². The maximum atomic E-state index is 11.6. The lowest BCUT2D eigenvalue weighted by Crippen LogP contribution is -2.40. The summed E-state index contributed by atoms with van der Waals surface area (Å²) in [6, 6.07) is -0.409. The Morgan fingerprint density at radius 3 is 3.06 bits per heavy atom. The molecule has 0 saturated carbocycles. The molecular weight excluding hydrogens is 242 g/mol. The van der Waals surface area contributed by atoms with Gasteiger partial charge in [0.2, 0.25) is 5.91 Å². The van der Waals surface area contributed by atoms with Gasteiger partial charge in [-0.25, -0.2) is 4.98 Å². The summed E-state index contributed by atoms with van der Waals surface area (Å²) in [5, 5.41) is 3.72. The van der Waals surface area contributed by atoms with E-state index in [1.54, 1.807) is 29.3 Å². The van der Waals surface area contributed by atoms with E-state index < -0.39 is 6.04 Å². The minimum atomic E-state index is -0.409. The Morgan fingerprint density at radius 1 is 1.75 bits per heavy atom. The topological polar surface area (TPSA) is 68.0 Å². The summed E-state index contributed by atoms with van der Waals surface area (Å²) in [5.41, 5.74) is 5.73. The summed E-state index contributed by atoms with van der Waals surface area (Å²) in [6.07, 6.45) is 4.52. The van der Waals surface area contributed by atoms with Gasteiger partial charge in [0.05, 0.1) is 12.6 Å². The average molecular weight is 259 g/mol. The molecule has 0 aliphatic rings. The first-order valence-electron chi connectivity index (χ1n) is 5.07. The normalized spacial score (nSPS) is 12.4.